The maximum atomic E-state index is 13.2. The monoisotopic (exact) mass is 393 g/mol. The van der Waals surface area contributed by atoms with Crippen molar-refractivity contribution in [3.63, 3.8) is 0 Å². The van der Waals surface area contributed by atoms with Crippen LogP contribution in [0.2, 0.25) is 0 Å². The Bertz CT molecular complexity index is 749. The molecule has 2 aromatic rings. The van der Waals surface area contributed by atoms with Gasteiger partial charge in [0.15, 0.2) is 11.0 Å². The first-order chi connectivity index (χ1) is 13.0. The molecule has 0 radical (unpaired) electrons. The first-order valence-corrected chi connectivity index (χ1v) is 10.2. The highest BCUT2D eigenvalue weighted by molar-refractivity contribution is 7.99. The van der Waals surface area contributed by atoms with Crippen LogP contribution in [-0.2, 0) is 11.3 Å². The van der Waals surface area contributed by atoms with Gasteiger partial charge in [0.25, 0.3) is 0 Å². The van der Waals surface area contributed by atoms with Gasteiger partial charge in [0, 0.05) is 12.2 Å². The summed E-state index contributed by atoms with van der Waals surface area (Å²) in [7, 11) is 4.07. The third-order valence-corrected chi connectivity index (χ3v) is 5.20. The minimum atomic E-state index is -0.376. The lowest BCUT2D eigenvalue weighted by molar-refractivity contribution is -0.113. The van der Waals surface area contributed by atoms with E-state index in [0.29, 0.717) is 5.69 Å². The number of unbranched alkanes of at least 4 members (excludes halogenated alkanes) is 1. The van der Waals surface area contributed by atoms with Crippen molar-refractivity contribution in [1.82, 2.24) is 19.7 Å². The molecular formula is C19H28FN5OS. The number of amides is 1. The number of halogens is 1. The molecule has 1 heterocycles. The second kappa shape index (κ2) is 10.4. The maximum absolute atomic E-state index is 13.2. The zero-order valence-corrected chi connectivity index (χ0v) is 17.2. The van der Waals surface area contributed by atoms with Crippen LogP contribution in [0.5, 0.6) is 0 Å². The number of aromatic nitrogens is 3. The van der Waals surface area contributed by atoms with Crippen LogP contribution in [0.4, 0.5) is 10.1 Å². The van der Waals surface area contributed by atoms with Crippen molar-refractivity contribution in [1.29, 1.82) is 0 Å². The second-order valence-electron chi connectivity index (χ2n) is 6.58. The fraction of sp³-hybridized carbons (Fsp3) is 0.526. The highest BCUT2D eigenvalue weighted by Gasteiger charge is 2.22. The third kappa shape index (κ3) is 6.04. The van der Waals surface area contributed by atoms with Crippen molar-refractivity contribution in [3.05, 3.63) is 35.9 Å². The molecule has 0 saturated carbocycles. The van der Waals surface area contributed by atoms with E-state index in [1.54, 1.807) is 12.1 Å². The Balaban J connectivity index is 2.08. The summed E-state index contributed by atoms with van der Waals surface area (Å²) in [5.74, 6) is 0.555. The van der Waals surface area contributed by atoms with Crippen LogP contribution in [0.15, 0.2) is 29.4 Å². The second-order valence-corrected chi connectivity index (χ2v) is 7.52. The van der Waals surface area contributed by atoms with Crippen LogP contribution >= 0.6 is 11.8 Å². The lowest BCUT2D eigenvalue weighted by Gasteiger charge is -2.23. The highest BCUT2D eigenvalue weighted by Crippen LogP contribution is 2.25. The van der Waals surface area contributed by atoms with Gasteiger partial charge < -0.3 is 9.88 Å². The molecule has 1 aromatic carbocycles. The number of benzene rings is 1. The molecule has 6 nitrogen and oxygen atoms in total. The summed E-state index contributed by atoms with van der Waals surface area (Å²) in [5, 5.41) is 12.2. The molecule has 148 valence electrons. The van der Waals surface area contributed by atoms with Crippen LogP contribution in [0.1, 0.15) is 45.0 Å². The predicted molar refractivity (Wildman–Crippen MR) is 107 cm³/mol. The van der Waals surface area contributed by atoms with Gasteiger partial charge in [-0.3, -0.25) is 9.69 Å². The number of thioether (sulfide) groups is 1. The molecule has 0 spiro atoms. The van der Waals surface area contributed by atoms with Gasteiger partial charge in [-0.2, -0.15) is 0 Å². The minimum Gasteiger partial charge on any atom is -0.325 e. The summed E-state index contributed by atoms with van der Waals surface area (Å²) in [6.07, 6.45) is 3.03. The van der Waals surface area contributed by atoms with Crippen LogP contribution in [0, 0.1) is 5.82 Å². The van der Waals surface area contributed by atoms with Crippen molar-refractivity contribution < 1.29 is 9.18 Å². The molecule has 0 saturated heterocycles. The third-order valence-electron chi connectivity index (χ3n) is 4.23. The molecule has 1 unspecified atom stereocenters. The lowest BCUT2D eigenvalue weighted by atomic mass is 10.2. The molecule has 8 heteroatoms. The zero-order valence-electron chi connectivity index (χ0n) is 16.4. The van der Waals surface area contributed by atoms with E-state index in [4.69, 9.17) is 0 Å². The fourth-order valence-corrected chi connectivity index (χ4v) is 3.62. The number of anilines is 1. The van der Waals surface area contributed by atoms with Crippen molar-refractivity contribution >= 4 is 23.4 Å². The molecule has 0 aliphatic heterocycles. The number of hydrogen-bond donors (Lipinski definition) is 1. The summed E-state index contributed by atoms with van der Waals surface area (Å²) in [4.78, 5) is 14.3. The molecule has 1 aromatic heterocycles. The van der Waals surface area contributed by atoms with Gasteiger partial charge in [0.1, 0.15) is 5.82 Å². The number of carbonyl (C=O) groups excluding carboxylic acids is 1. The molecule has 0 aliphatic carbocycles. The van der Waals surface area contributed by atoms with E-state index in [1.165, 1.54) is 23.9 Å². The van der Waals surface area contributed by atoms with Crippen molar-refractivity contribution in [2.45, 2.75) is 50.9 Å². The van der Waals surface area contributed by atoms with Crippen LogP contribution in [0.25, 0.3) is 0 Å². The molecule has 27 heavy (non-hydrogen) atoms. The zero-order chi connectivity index (χ0) is 19.8. The van der Waals surface area contributed by atoms with Gasteiger partial charge in [-0.25, -0.2) is 4.39 Å². The van der Waals surface area contributed by atoms with E-state index in [1.807, 2.05) is 14.1 Å². The Hall–Kier alpha value is -1.93. The first kappa shape index (κ1) is 21.4. The summed E-state index contributed by atoms with van der Waals surface area (Å²) < 4.78 is 15.4. The first-order valence-electron chi connectivity index (χ1n) is 9.24. The van der Waals surface area contributed by atoms with Gasteiger partial charge >= 0.3 is 0 Å². The average molecular weight is 394 g/mol. The van der Waals surface area contributed by atoms with Crippen molar-refractivity contribution in [2.24, 2.45) is 0 Å². The Morgan fingerprint density at radius 3 is 2.74 bits per heavy atom. The fourth-order valence-electron chi connectivity index (χ4n) is 2.85. The standard InChI is InChI=1S/C19H28FN5OS/c1-5-7-11-25-18(16(6-2)24(3)4)22-23-19(25)27-13-17(26)21-15-10-8-9-14(20)12-15/h8-10,12,16H,5-7,11,13H2,1-4H3,(H,21,26). The number of rotatable bonds is 10. The number of nitrogens with one attached hydrogen (secondary N) is 1. The lowest BCUT2D eigenvalue weighted by Crippen LogP contribution is -2.23. The van der Waals surface area contributed by atoms with Crippen molar-refractivity contribution in [2.75, 3.05) is 25.2 Å². The number of nitrogens with zero attached hydrogens (tertiary/aromatic N) is 4. The summed E-state index contributed by atoms with van der Waals surface area (Å²) >= 11 is 1.35. The normalized spacial score (nSPS) is 12.4. The van der Waals surface area contributed by atoms with Gasteiger partial charge in [-0.1, -0.05) is 38.1 Å². The molecule has 1 N–H and O–H groups in total. The topological polar surface area (TPSA) is 63.1 Å². The van der Waals surface area contributed by atoms with Crippen LogP contribution < -0.4 is 5.32 Å². The smallest absolute Gasteiger partial charge is 0.234 e. The summed E-state index contributed by atoms with van der Waals surface area (Å²) in [6.45, 7) is 5.10. The van der Waals surface area contributed by atoms with Gasteiger partial charge in [0.05, 0.1) is 11.8 Å². The van der Waals surface area contributed by atoms with E-state index in [0.717, 1.165) is 36.8 Å². The average Bonchev–Trinajstić information content (AvgIpc) is 3.01. The van der Waals surface area contributed by atoms with E-state index >= 15 is 0 Å². The van der Waals surface area contributed by atoms with Gasteiger partial charge in [0.2, 0.25) is 5.91 Å². The van der Waals surface area contributed by atoms with E-state index in [-0.39, 0.29) is 23.5 Å². The van der Waals surface area contributed by atoms with E-state index in [2.05, 4.69) is 38.8 Å². The maximum Gasteiger partial charge on any atom is 0.234 e. The molecule has 0 fully saturated rings. The van der Waals surface area contributed by atoms with Gasteiger partial charge in [-0.15, -0.1) is 10.2 Å². The number of carbonyl (C=O) groups is 1. The Labute approximate surface area is 164 Å². The molecule has 2 rings (SSSR count). The Morgan fingerprint density at radius 2 is 2.11 bits per heavy atom. The Morgan fingerprint density at radius 1 is 1.33 bits per heavy atom. The molecular weight excluding hydrogens is 365 g/mol. The van der Waals surface area contributed by atoms with Crippen molar-refractivity contribution in [3.8, 4) is 0 Å². The predicted octanol–water partition coefficient (Wildman–Crippen LogP) is 3.96. The largest absolute Gasteiger partial charge is 0.325 e. The van der Waals surface area contributed by atoms with E-state index < -0.39 is 0 Å². The summed E-state index contributed by atoms with van der Waals surface area (Å²) in [5.41, 5.74) is 0.451. The minimum absolute atomic E-state index is 0.185. The SMILES string of the molecule is CCCCn1c(SCC(=O)Nc2cccc(F)c2)nnc1C(CC)N(C)C. The van der Waals surface area contributed by atoms with Gasteiger partial charge in [-0.05, 0) is 45.1 Å². The summed E-state index contributed by atoms with van der Waals surface area (Å²) in [6, 6.07) is 6.06. The van der Waals surface area contributed by atoms with E-state index in [9.17, 15) is 9.18 Å². The number of hydrogen-bond acceptors (Lipinski definition) is 5. The molecule has 1 amide bonds. The quantitative estimate of drug-likeness (QED) is 0.619. The van der Waals surface area contributed by atoms with Crippen LogP contribution in [0.3, 0.4) is 0 Å². The highest BCUT2D eigenvalue weighted by atomic mass is 32.2. The molecule has 1 atom stereocenters. The Kier molecular flexibility index (Phi) is 8.24. The van der Waals surface area contributed by atoms with Crippen LogP contribution in [-0.4, -0.2) is 45.4 Å². The molecule has 0 aliphatic rings. The molecule has 0 bridgehead atoms.